The highest BCUT2D eigenvalue weighted by atomic mass is 19.1. The van der Waals surface area contributed by atoms with Crippen molar-refractivity contribution in [3.63, 3.8) is 0 Å². The Kier molecular flexibility index (Phi) is 3.48. The molecule has 0 aromatic heterocycles. The lowest BCUT2D eigenvalue weighted by Gasteiger charge is -2.43. The lowest BCUT2D eigenvalue weighted by atomic mass is 10.2. The number of hydrogen-bond donors (Lipinski definition) is 0. The Bertz CT molecular complexity index is 369. The molecule has 1 aliphatic rings. The van der Waals surface area contributed by atoms with Gasteiger partial charge in [-0.05, 0) is 18.2 Å². The molecule has 2 nitrogen and oxygen atoms in total. The Labute approximate surface area is 103 Å². The van der Waals surface area contributed by atoms with Crippen molar-refractivity contribution in [2.75, 3.05) is 38.1 Å². The number of quaternary nitrogens is 1. The average molecular weight is 235 g/mol. The molecule has 0 spiro atoms. The molecule has 3 heteroatoms. The number of rotatable bonds is 3. The van der Waals surface area contributed by atoms with Gasteiger partial charge in [-0.2, -0.15) is 4.39 Å². The summed E-state index contributed by atoms with van der Waals surface area (Å²) in [5, 5.41) is 0. The summed E-state index contributed by atoms with van der Waals surface area (Å²) in [5.74, 6) is 0. The van der Waals surface area contributed by atoms with Crippen LogP contribution >= 0.6 is 0 Å². The standard InChI is InChI=1S/C14H20FN2/c1-3-14(15)17(2)11-9-16(10-12-17)13-7-5-4-6-8-13/h3-8,14H,1,9-12H2,2H3/q+1. The zero-order chi connectivity index (χ0) is 12.3. The van der Waals surface area contributed by atoms with E-state index in [4.69, 9.17) is 0 Å². The van der Waals surface area contributed by atoms with Gasteiger partial charge in [-0.25, -0.2) is 0 Å². The maximum Gasteiger partial charge on any atom is 0.251 e. The Morgan fingerprint density at radius 1 is 1.29 bits per heavy atom. The van der Waals surface area contributed by atoms with Crippen LogP contribution in [0.15, 0.2) is 43.0 Å². The van der Waals surface area contributed by atoms with Crippen LogP contribution in [0.5, 0.6) is 0 Å². The first-order valence-electron chi connectivity index (χ1n) is 6.06. The van der Waals surface area contributed by atoms with E-state index in [2.05, 4.69) is 23.6 Å². The maximum absolute atomic E-state index is 13.8. The van der Waals surface area contributed by atoms with Crippen molar-refractivity contribution in [2.24, 2.45) is 0 Å². The Morgan fingerprint density at radius 2 is 1.88 bits per heavy atom. The average Bonchev–Trinajstić information content (AvgIpc) is 2.39. The van der Waals surface area contributed by atoms with E-state index in [1.54, 1.807) is 0 Å². The second-order valence-electron chi connectivity index (χ2n) is 4.86. The number of para-hydroxylation sites is 1. The number of alkyl halides is 1. The van der Waals surface area contributed by atoms with Crippen LogP contribution in [0, 0.1) is 0 Å². The monoisotopic (exact) mass is 235 g/mol. The number of halogens is 1. The van der Waals surface area contributed by atoms with Gasteiger partial charge < -0.3 is 4.90 Å². The quantitative estimate of drug-likeness (QED) is 0.442. The van der Waals surface area contributed by atoms with Gasteiger partial charge in [0.1, 0.15) is 0 Å². The van der Waals surface area contributed by atoms with Gasteiger partial charge in [0, 0.05) is 5.69 Å². The van der Waals surface area contributed by atoms with Crippen LogP contribution in [0.2, 0.25) is 0 Å². The highest BCUT2D eigenvalue weighted by Gasteiger charge is 2.34. The van der Waals surface area contributed by atoms with Gasteiger partial charge >= 0.3 is 0 Å². The smallest absolute Gasteiger partial charge is 0.251 e. The van der Waals surface area contributed by atoms with Crippen molar-refractivity contribution in [3.8, 4) is 0 Å². The van der Waals surface area contributed by atoms with Gasteiger partial charge in [0.05, 0.1) is 33.2 Å². The third kappa shape index (κ3) is 2.50. The second kappa shape index (κ2) is 4.88. The van der Waals surface area contributed by atoms with E-state index < -0.39 is 6.30 Å². The van der Waals surface area contributed by atoms with Crippen molar-refractivity contribution in [2.45, 2.75) is 6.30 Å². The zero-order valence-corrected chi connectivity index (χ0v) is 10.3. The summed E-state index contributed by atoms with van der Waals surface area (Å²) in [6, 6.07) is 10.3. The van der Waals surface area contributed by atoms with Gasteiger partial charge in [-0.3, -0.25) is 4.48 Å². The molecule has 1 aromatic rings. The molecule has 2 rings (SSSR count). The number of nitrogens with zero attached hydrogens (tertiary/aromatic N) is 2. The number of benzene rings is 1. The molecule has 1 atom stereocenters. The van der Waals surface area contributed by atoms with E-state index in [9.17, 15) is 4.39 Å². The first-order chi connectivity index (χ1) is 8.15. The van der Waals surface area contributed by atoms with E-state index in [1.165, 1.54) is 11.8 Å². The minimum atomic E-state index is -0.951. The normalized spacial score (nSPS) is 20.9. The molecule has 1 saturated heterocycles. The minimum absolute atomic E-state index is 0.451. The highest BCUT2D eigenvalue weighted by Crippen LogP contribution is 2.21. The van der Waals surface area contributed by atoms with E-state index in [0.717, 1.165) is 26.2 Å². The van der Waals surface area contributed by atoms with E-state index >= 15 is 0 Å². The van der Waals surface area contributed by atoms with E-state index in [-0.39, 0.29) is 0 Å². The van der Waals surface area contributed by atoms with E-state index in [1.807, 2.05) is 25.2 Å². The molecule has 1 heterocycles. The van der Waals surface area contributed by atoms with Crippen LogP contribution < -0.4 is 4.90 Å². The van der Waals surface area contributed by atoms with Gasteiger partial charge in [-0.1, -0.05) is 24.8 Å². The SMILES string of the molecule is C=CC(F)[N+]1(C)CCN(c2ccccc2)CC1. The lowest BCUT2D eigenvalue weighted by molar-refractivity contribution is -0.940. The summed E-state index contributed by atoms with van der Waals surface area (Å²) in [4.78, 5) is 2.32. The summed E-state index contributed by atoms with van der Waals surface area (Å²) in [6.45, 7) is 6.99. The van der Waals surface area contributed by atoms with Gasteiger partial charge in [0.15, 0.2) is 0 Å². The number of anilines is 1. The van der Waals surface area contributed by atoms with Gasteiger partial charge in [-0.15, -0.1) is 0 Å². The maximum atomic E-state index is 13.8. The van der Waals surface area contributed by atoms with Crippen LogP contribution in [-0.4, -0.2) is 44.0 Å². The Hall–Kier alpha value is -1.35. The van der Waals surface area contributed by atoms with E-state index in [0.29, 0.717) is 4.48 Å². The fourth-order valence-corrected chi connectivity index (χ4v) is 2.32. The Balaban J connectivity index is 2.01. The van der Waals surface area contributed by atoms with Crippen molar-refractivity contribution < 1.29 is 8.87 Å². The molecule has 0 amide bonds. The van der Waals surface area contributed by atoms with Gasteiger partial charge in [0.25, 0.3) is 6.30 Å². The van der Waals surface area contributed by atoms with Crippen molar-refractivity contribution in [3.05, 3.63) is 43.0 Å². The molecule has 1 aliphatic heterocycles. The van der Waals surface area contributed by atoms with Crippen molar-refractivity contribution >= 4 is 5.69 Å². The minimum Gasteiger partial charge on any atom is -0.360 e. The number of likely N-dealkylation sites (N-methyl/N-ethyl adjacent to an activating group) is 1. The lowest BCUT2D eigenvalue weighted by Crippen LogP contribution is -2.60. The van der Waals surface area contributed by atoms with Crippen LogP contribution in [0.3, 0.4) is 0 Å². The molecule has 1 unspecified atom stereocenters. The molecule has 0 radical (unpaired) electrons. The van der Waals surface area contributed by atoms with Crippen molar-refractivity contribution in [1.82, 2.24) is 0 Å². The fourth-order valence-electron chi connectivity index (χ4n) is 2.32. The van der Waals surface area contributed by atoms with Crippen LogP contribution in [-0.2, 0) is 0 Å². The largest absolute Gasteiger partial charge is 0.360 e. The topological polar surface area (TPSA) is 3.24 Å². The first-order valence-corrected chi connectivity index (χ1v) is 6.06. The van der Waals surface area contributed by atoms with Crippen LogP contribution in [0.25, 0.3) is 0 Å². The predicted octanol–water partition coefficient (Wildman–Crippen LogP) is 2.43. The Morgan fingerprint density at radius 3 is 2.41 bits per heavy atom. The zero-order valence-electron chi connectivity index (χ0n) is 10.3. The molecule has 0 aliphatic carbocycles. The summed E-state index contributed by atoms with van der Waals surface area (Å²) < 4.78 is 14.2. The summed E-state index contributed by atoms with van der Waals surface area (Å²) in [5.41, 5.74) is 1.23. The molecule has 1 fully saturated rings. The molecule has 0 N–H and O–H groups in total. The highest BCUT2D eigenvalue weighted by molar-refractivity contribution is 5.46. The number of hydrogen-bond acceptors (Lipinski definition) is 1. The summed E-state index contributed by atoms with van der Waals surface area (Å²) >= 11 is 0. The molecular weight excluding hydrogens is 215 g/mol. The van der Waals surface area contributed by atoms with Crippen LogP contribution in [0.1, 0.15) is 0 Å². The molecule has 92 valence electrons. The third-order valence-corrected chi connectivity index (χ3v) is 3.67. The van der Waals surface area contributed by atoms with Crippen LogP contribution in [0.4, 0.5) is 10.1 Å². The summed E-state index contributed by atoms with van der Waals surface area (Å²) in [6.07, 6.45) is 0.464. The molecular formula is C14H20FN2+. The third-order valence-electron chi connectivity index (χ3n) is 3.67. The molecule has 1 aromatic carbocycles. The fraction of sp³-hybridized carbons (Fsp3) is 0.429. The van der Waals surface area contributed by atoms with Gasteiger partial charge in [0.2, 0.25) is 0 Å². The molecule has 0 bridgehead atoms. The number of piperazine rings is 1. The molecule has 17 heavy (non-hydrogen) atoms. The predicted molar refractivity (Wildman–Crippen MR) is 69.7 cm³/mol. The molecule has 0 saturated carbocycles. The van der Waals surface area contributed by atoms with Crippen molar-refractivity contribution in [1.29, 1.82) is 0 Å². The second-order valence-corrected chi connectivity index (χ2v) is 4.86. The summed E-state index contributed by atoms with van der Waals surface area (Å²) in [7, 11) is 1.97. The first kappa shape index (κ1) is 12.1.